The highest BCUT2D eigenvalue weighted by molar-refractivity contribution is 6.23. The van der Waals surface area contributed by atoms with Crippen LogP contribution in [0, 0.1) is 0 Å². The van der Waals surface area contributed by atoms with Gasteiger partial charge in [0.05, 0.1) is 0 Å². The number of benzene rings is 6. The standard InChI is InChI=1S/C38H24O2/c1-3-14-29-27(12-1)36(23-20-21-26-24-10-5-7-18-33(24)39-35(26)22-23)28-13-2-4-15-30(28)37(29)32-17-9-16-31-25-11-6-8-19-34(25)40-38(31)32/h1-7,9-18,20-22H,8,19H2. The normalized spacial score (nSPS) is 13.2. The lowest BCUT2D eigenvalue weighted by molar-refractivity contribution is 0.547. The summed E-state index contributed by atoms with van der Waals surface area (Å²) in [6.07, 6.45) is 6.45. The van der Waals surface area contributed by atoms with Gasteiger partial charge in [-0.25, -0.2) is 0 Å². The minimum absolute atomic E-state index is 0.912. The molecular formula is C38H24O2. The van der Waals surface area contributed by atoms with Gasteiger partial charge in [0.15, 0.2) is 0 Å². The number of allylic oxidation sites excluding steroid dienone is 1. The van der Waals surface area contributed by atoms with Crippen LogP contribution < -0.4 is 0 Å². The van der Waals surface area contributed by atoms with Crippen molar-refractivity contribution in [2.24, 2.45) is 0 Å². The summed E-state index contributed by atoms with van der Waals surface area (Å²) in [6.45, 7) is 0. The molecule has 188 valence electrons. The number of para-hydroxylation sites is 2. The fourth-order valence-corrected chi connectivity index (χ4v) is 6.78. The molecule has 2 aromatic heterocycles. The molecule has 1 aliphatic rings. The number of rotatable bonds is 2. The van der Waals surface area contributed by atoms with Crippen molar-refractivity contribution in [2.45, 2.75) is 12.8 Å². The third kappa shape index (κ3) is 2.99. The predicted molar refractivity (Wildman–Crippen MR) is 167 cm³/mol. The van der Waals surface area contributed by atoms with Gasteiger partial charge in [0.1, 0.15) is 22.5 Å². The highest BCUT2D eigenvalue weighted by Crippen LogP contribution is 2.47. The van der Waals surface area contributed by atoms with Crippen molar-refractivity contribution in [3.8, 4) is 22.3 Å². The summed E-state index contributed by atoms with van der Waals surface area (Å²) in [6, 6.07) is 39.1. The number of furan rings is 2. The third-order valence-electron chi connectivity index (χ3n) is 8.52. The summed E-state index contributed by atoms with van der Waals surface area (Å²) in [4.78, 5) is 0. The van der Waals surface area contributed by atoms with Gasteiger partial charge in [-0.1, -0.05) is 103 Å². The molecule has 0 saturated heterocycles. The van der Waals surface area contributed by atoms with E-state index in [4.69, 9.17) is 8.83 Å². The fraction of sp³-hybridized carbons (Fsp3) is 0.0526. The lowest BCUT2D eigenvalue weighted by Gasteiger charge is -2.17. The maximum absolute atomic E-state index is 6.60. The number of hydrogen-bond acceptors (Lipinski definition) is 2. The second kappa shape index (κ2) is 8.21. The molecule has 0 N–H and O–H groups in total. The zero-order valence-electron chi connectivity index (χ0n) is 21.8. The maximum atomic E-state index is 6.60. The van der Waals surface area contributed by atoms with Gasteiger partial charge in [-0.05, 0) is 57.3 Å². The van der Waals surface area contributed by atoms with E-state index in [1.165, 1.54) is 43.6 Å². The molecule has 0 aliphatic heterocycles. The van der Waals surface area contributed by atoms with E-state index in [-0.39, 0.29) is 0 Å². The van der Waals surface area contributed by atoms with Crippen molar-refractivity contribution in [2.75, 3.05) is 0 Å². The second-order valence-corrected chi connectivity index (χ2v) is 10.7. The molecule has 0 atom stereocenters. The van der Waals surface area contributed by atoms with Gasteiger partial charge in [0.2, 0.25) is 0 Å². The van der Waals surface area contributed by atoms with E-state index in [1.807, 2.05) is 12.1 Å². The first-order valence-corrected chi connectivity index (χ1v) is 13.9. The quantitative estimate of drug-likeness (QED) is 0.215. The summed E-state index contributed by atoms with van der Waals surface area (Å²) in [7, 11) is 0. The molecule has 6 aromatic carbocycles. The Labute approximate surface area is 230 Å². The van der Waals surface area contributed by atoms with Crippen LogP contribution in [0.25, 0.3) is 82.8 Å². The lowest BCUT2D eigenvalue weighted by atomic mass is 9.85. The molecule has 1 aliphatic carbocycles. The molecule has 40 heavy (non-hydrogen) atoms. The molecule has 0 spiro atoms. The third-order valence-corrected chi connectivity index (χ3v) is 8.52. The van der Waals surface area contributed by atoms with E-state index in [0.717, 1.165) is 57.3 Å². The van der Waals surface area contributed by atoms with Crippen LogP contribution in [0.15, 0.2) is 124 Å². The molecule has 8 aromatic rings. The second-order valence-electron chi connectivity index (χ2n) is 10.7. The first-order valence-electron chi connectivity index (χ1n) is 13.9. The molecule has 9 rings (SSSR count). The minimum Gasteiger partial charge on any atom is -0.460 e. The Bertz CT molecular complexity index is 2270. The van der Waals surface area contributed by atoms with Crippen molar-refractivity contribution < 1.29 is 8.83 Å². The Morgan fingerprint density at radius 2 is 1.15 bits per heavy atom. The van der Waals surface area contributed by atoms with E-state index in [2.05, 4.69) is 109 Å². The summed E-state index contributed by atoms with van der Waals surface area (Å²) in [5, 5.41) is 8.37. The average Bonchev–Trinajstić information content (AvgIpc) is 3.58. The first kappa shape index (κ1) is 21.8. The van der Waals surface area contributed by atoms with Gasteiger partial charge >= 0.3 is 0 Å². The van der Waals surface area contributed by atoms with E-state index in [9.17, 15) is 0 Å². The maximum Gasteiger partial charge on any atom is 0.142 e. The van der Waals surface area contributed by atoms with Crippen LogP contribution in [-0.2, 0) is 6.42 Å². The van der Waals surface area contributed by atoms with Crippen molar-refractivity contribution in [1.29, 1.82) is 0 Å². The molecule has 2 heterocycles. The van der Waals surface area contributed by atoms with E-state index >= 15 is 0 Å². The van der Waals surface area contributed by atoms with Crippen molar-refractivity contribution in [1.82, 2.24) is 0 Å². The van der Waals surface area contributed by atoms with Gasteiger partial charge in [-0.3, -0.25) is 0 Å². The summed E-state index contributed by atoms with van der Waals surface area (Å²) >= 11 is 0. The van der Waals surface area contributed by atoms with Crippen LogP contribution in [0.2, 0.25) is 0 Å². The topological polar surface area (TPSA) is 26.3 Å². The van der Waals surface area contributed by atoms with Gasteiger partial charge < -0.3 is 8.83 Å². The molecule has 2 nitrogen and oxygen atoms in total. The summed E-state index contributed by atoms with van der Waals surface area (Å²) < 4.78 is 12.9. The zero-order valence-corrected chi connectivity index (χ0v) is 21.8. The predicted octanol–water partition coefficient (Wildman–Crippen LogP) is 10.9. The monoisotopic (exact) mass is 512 g/mol. The SMILES string of the molecule is C1=Cc2c(oc3c(-c4c5ccccc5c(-c5ccc6c(c5)oc5ccccc56)c5ccccc45)cccc23)CC1. The molecular weight excluding hydrogens is 488 g/mol. The Morgan fingerprint density at radius 1 is 0.500 bits per heavy atom. The molecule has 0 amide bonds. The van der Waals surface area contributed by atoms with E-state index < -0.39 is 0 Å². The highest BCUT2D eigenvalue weighted by atomic mass is 16.3. The highest BCUT2D eigenvalue weighted by Gasteiger charge is 2.22. The summed E-state index contributed by atoms with van der Waals surface area (Å²) in [5.41, 5.74) is 8.79. The van der Waals surface area contributed by atoms with Crippen molar-refractivity contribution in [3.63, 3.8) is 0 Å². The number of fused-ring (bicyclic) bond motifs is 8. The molecule has 0 bridgehead atoms. The molecule has 0 fully saturated rings. The Hall–Kier alpha value is -5.08. The molecule has 0 unspecified atom stereocenters. The Kier molecular flexibility index (Phi) is 4.48. The van der Waals surface area contributed by atoms with E-state index in [1.54, 1.807) is 0 Å². The van der Waals surface area contributed by atoms with Crippen molar-refractivity contribution in [3.05, 3.63) is 127 Å². The van der Waals surface area contributed by atoms with Crippen LogP contribution in [0.3, 0.4) is 0 Å². The largest absolute Gasteiger partial charge is 0.460 e. The lowest BCUT2D eigenvalue weighted by Crippen LogP contribution is -1.91. The first-order chi connectivity index (χ1) is 19.8. The average molecular weight is 513 g/mol. The molecule has 0 saturated carbocycles. The van der Waals surface area contributed by atoms with Gasteiger partial charge in [-0.2, -0.15) is 0 Å². The number of hydrogen-bond donors (Lipinski definition) is 0. The molecule has 0 radical (unpaired) electrons. The smallest absolute Gasteiger partial charge is 0.142 e. The van der Waals surface area contributed by atoms with Gasteiger partial charge in [-0.15, -0.1) is 0 Å². The summed E-state index contributed by atoms with van der Waals surface area (Å²) in [5.74, 6) is 1.09. The van der Waals surface area contributed by atoms with Crippen LogP contribution in [0.4, 0.5) is 0 Å². The van der Waals surface area contributed by atoms with Gasteiger partial charge in [0.25, 0.3) is 0 Å². The van der Waals surface area contributed by atoms with Crippen LogP contribution in [-0.4, -0.2) is 0 Å². The Morgan fingerprint density at radius 3 is 1.93 bits per heavy atom. The zero-order chi connectivity index (χ0) is 26.2. The fourth-order valence-electron chi connectivity index (χ4n) is 6.78. The van der Waals surface area contributed by atoms with Crippen LogP contribution in [0.5, 0.6) is 0 Å². The molecule has 2 heteroatoms. The van der Waals surface area contributed by atoms with E-state index in [0.29, 0.717) is 0 Å². The van der Waals surface area contributed by atoms with Gasteiger partial charge in [0, 0.05) is 39.3 Å². The van der Waals surface area contributed by atoms with Crippen LogP contribution in [0.1, 0.15) is 17.7 Å². The number of aryl methyl sites for hydroxylation is 1. The Balaban J connectivity index is 1.39. The van der Waals surface area contributed by atoms with Crippen molar-refractivity contribution >= 4 is 60.5 Å². The minimum atomic E-state index is 0.912. The van der Waals surface area contributed by atoms with Crippen LogP contribution >= 0.6 is 0 Å².